The Morgan fingerprint density at radius 3 is 2.80 bits per heavy atom. The van der Waals surface area contributed by atoms with Crippen molar-refractivity contribution in [3.05, 3.63) is 56.9 Å². The van der Waals surface area contributed by atoms with Gasteiger partial charge in [0.1, 0.15) is 0 Å². The summed E-state index contributed by atoms with van der Waals surface area (Å²) in [5.74, 6) is 0. The van der Waals surface area contributed by atoms with Gasteiger partial charge in [-0.25, -0.2) is 4.98 Å². The number of rotatable bonds is 2. The molecule has 2 aromatic heterocycles. The topological polar surface area (TPSA) is 33.6 Å². The number of hydrogen-bond acceptors (Lipinski definition) is 2. The maximum absolute atomic E-state index is 6.05. The van der Waals surface area contributed by atoms with E-state index in [0.717, 1.165) is 16.7 Å². The average Bonchev–Trinajstić information content (AvgIpc) is 2.73. The number of nitrogens with one attached hydrogen (secondary N) is 1. The van der Waals surface area contributed by atoms with Gasteiger partial charge in [0.2, 0.25) is 0 Å². The fourth-order valence-electron chi connectivity index (χ4n) is 2.26. The fraction of sp³-hybridized carbons (Fsp3) is 0.143. The maximum atomic E-state index is 6.05. The molecule has 1 aromatic carbocycles. The van der Waals surface area contributed by atoms with Crippen molar-refractivity contribution in [3.8, 4) is 0 Å². The zero-order chi connectivity index (χ0) is 14.3. The SMILES string of the molecule is CC(c1cccc(Cl)c1)n1c(=S)[nH]c2cc(Cl)cnc21. The highest BCUT2D eigenvalue weighted by atomic mass is 35.5. The number of benzene rings is 1. The van der Waals surface area contributed by atoms with Crippen LogP contribution in [0, 0.1) is 4.77 Å². The molecule has 0 saturated carbocycles. The highest BCUT2D eigenvalue weighted by Crippen LogP contribution is 2.26. The van der Waals surface area contributed by atoms with Gasteiger partial charge in [0.15, 0.2) is 10.4 Å². The molecule has 0 aliphatic carbocycles. The first-order chi connectivity index (χ1) is 9.56. The molecule has 0 amide bonds. The molecule has 3 nitrogen and oxygen atoms in total. The molecule has 0 bridgehead atoms. The first-order valence-corrected chi connectivity index (χ1v) is 7.24. The summed E-state index contributed by atoms with van der Waals surface area (Å²) in [6.07, 6.45) is 1.62. The van der Waals surface area contributed by atoms with Gasteiger partial charge in [-0.1, -0.05) is 35.3 Å². The zero-order valence-electron chi connectivity index (χ0n) is 10.6. The van der Waals surface area contributed by atoms with Crippen LogP contribution >= 0.6 is 35.4 Å². The van der Waals surface area contributed by atoms with Crippen molar-refractivity contribution < 1.29 is 0 Å². The third kappa shape index (κ3) is 2.35. The van der Waals surface area contributed by atoms with Gasteiger partial charge in [-0.3, -0.25) is 4.57 Å². The lowest BCUT2D eigenvalue weighted by Gasteiger charge is -2.14. The van der Waals surface area contributed by atoms with E-state index >= 15 is 0 Å². The molecule has 1 N–H and O–H groups in total. The maximum Gasteiger partial charge on any atom is 0.179 e. The molecule has 0 aliphatic heterocycles. The van der Waals surface area contributed by atoms with Gasteiger partial charge >= 0.3 is 0 Å². The number of aromatic nitrogens is 3. The first kappa shape index (κ1) is 13.6. The monoisotopic (exact) mass is 323 g/mol. The molecule has 0 saturated heterocycles. The Kier molecular flexibility index (Phi) is 3.54. The summed E-state index contributed by atoms with van der Waals surface area (Å²) in [5, 5.41) is 1.29. The number of H-pyrrole nitrogens is 1. The van der Waals surface area contributed by atoms with Crippen molar-refractivity contribution in [3.63, 3.8) is 0 Å². The summed E-state index contributed by atoms with van der Waals surface area (Å²) in [5.41, 5.74) is 2.69. The van der Waals surface area contributed by atoms with Crippen molar-refractivity contribution >= 4 is 46.6 Å². The molecule has 0 radical (unpaired) electrons. The highest BCUT2D eigenvalue weighted by Gasteiger charge is 2.14. The summed E-state index contributed by atoms with van der Waals surface area (Å²) in [4.78, 5) is 7.50. The van der Waals surface area contributed by atoms with Gasteiger partial charge in [-0.2, -0.15) is 0 Å². The Bertz CT molecular complexity index is 838. The zero-order valence-corrected chi connectivity index (χ0v) is 12.9. The third-order valence-corrected chi connectivity index (χ3v) is 3.98. The molecule has 3 rings (SSSR count). The first-order valence-electron chi connectivity index (χ1n) is 6.07. The molecule has 1 unspecified atom stereocenters. The second-order valence-corrected chi connectivity index (χ2v) is 5.82. The average molecular weight is 324 g/mol. The second-order valence-electron chi connectivity index (χ2n) is 4.56. The highest BCUT2D eigenvalue weighted by molar-refractivity contribution is 7.71. The molecule has 0 aliphatic rings. The molecule has 20 heavy (non-hydrogen) atoms. The Labute approximate surface area is 131 Å². The second kappa shape index (κ2) is 5.20. The van der Waals surface area contributed by atoms with E-state index in [1.807, 2.05) is 34.9 Å². The Balaban J connectivity index is 2.19. The van der Waals surface area contributed by atoms with Gasteiger partial charge < -0.3 is 4.98 Å². The van der Waals surface area contributed by atoms with Gasteiger partial charge in [-0.15, -0.1) is 0 Å². The summed E-state index contributed by atoms with van der Waals surface area (Å²) in [6.45, 7) is 2.06. The number of nitrogens with zero attached hydrogens (tertiary/aromatic N) is 2. The molecule has 2 heterocycles. The van der Waals surface area contributed by atoms with Gasteiger partial charge in [0.25, 0.3) is 0 Å². The van der Waals surface area contributed by atoms with E-state index in [1.165, 1.54) is 0 Å². The number of fused-ring (bicyclic) bond motifs is 1. The smallest absolute Gasteiger partial charge is 0.179 e. The third-order valence-electron chi connectivity index (χ3n) is 3.24. The van der Waals surface area contributed by atoms with Crippen LogP contribution in [0.1, 0.15) is 18.5 Å². The summed E-state index contributed by atoms with van der Waals surface area (Å²) >= 11 is 17.4. The molecule has 0 fully saturated rings. The Hall–Kier alpha value is -1.36. The number of aromatic amines is 1. The van der Waals surface area contributed by atoms with E-state index < -0.39 is 0 Å². The van der Waals surface area contributed by atoms with Crippen LogP contribution in [-0.4, -0.2) is 14.5 Å². The van der Waals surface area contributed by atoms with Crippen LogP contribution in [0.3, 0.4) is 0 Å². The molecule has 3 aromatic rings. The van der Waals surface area contributed by atoms with E-state index in [-0.39, 0.29) is 6.04 Å². The number of imidazole rings is 1. The number of hydrogen-bond donors (Lipinski definition) is 1. The standard InChI is InChI=1S/C14H11Cl2N3S/c1-8(9-3-2-4-10(15)5-9)19-13-12(18-14(19)20)6-11(16)7-17-13/h2-8H,1H3,(H,18,20). The van der Waals surface area contributed by atoms with Gasteiger partial charge in [0, 0.05) is 11.2 Å². The van der Waals surface area contributed by atoms with Crippen LogP contribution in [0.15, 0.2) is 36.5 Å². The van der Waals surface area contributed by atoms with Crippen LogP contribution in [0.5, 0.6) is 0 Å². The molecular weight excluding hydrogens is 313 g/mol. The predicted molar refractivity (Wildman–Crippen MR) is 85.2 cm³/mol. The van der Waals surface area contributed by atoms with Crippen molar-refractivity contribution in [1.82, 2.24) is 14.5 Å². The van der Waals surface area contributed by atoms with Crippen LogP contribution in [0.2, 0.25) is 10.0 Å². The Morgan fingerprint density at radius 2 is 2.05 bits per heavy atom. The molecule has 6 heteroatoms. The van der Waals surface area contributed by atoms with Crippen molar-refractivity contribution in [2.75, 3.05) is 0 Å². The van der Waals surface area contributed by atoms with Crippen molar-refractivity contribution in [1.29, 1.82) is 0 Å². The number of halogens is 2. The molecule has 1 atom stereocenters. The Morgan fingerprint density at radius 1 is 1.25 bits per heavy atom. The predicted octanol–water partition coefficient (Wildman–Crippen LogP) is 5.01. The number of pyridine rings is 1. The van der Waals surface area contributed by atoms with Gasteiger partial charge in [-0.05, 0) is 42.9 Å². The summed E-state index contributed by atoms with van der Waals surface area (Å²) in [7, 11) is 0. The van der Waals surface area contributed by atoms with E-state index in [4.69, 9.17) is 35.4 Å². The lowest BCUT2D eigenvalue weighted by molar-refractivity contribution is 0.644. The minimum absolute atomic E-state index is 0.0311. The summed E-state index contributed by atoms with van der Waals surface area (Å²) in [6, 6.07) is 9.58. The van der Waals surface area contributed by atoms with Crippen LogP contribution < -0.4 is 0 Å². The minimum atomic E-state index is 0.0311. The largest absolute Gasteiger partial charge is 0.329 e. The lowest BCUT2D eigenvalue weighted by atomic mass is 10.1. The van der Waals surface area contributed by atoms with E-state index in [0.29, 0.717) is 14.8 Å². The van der Waals surface area contributed by atoms with E-state index in [2.05, 4.69) is 16.9 Å². The normalized spacial score (nSPS) is 12.8. The quantitative estimate of drug-likeness (QED) is 0.672. The van der Waals surface area contributed by atoms with Crippen LogP contribution in [0.25, 0.3) is 11.2 Å². The van der Waals surface area contributed by atoms with Gasteiger partial charge in [0.05, 0.1) is 16.6 Å². The molecule has 102 valence electrons. The minimum Gasteiger partial charge on any atom is -0.329 e. The van der Waals surface area contributed by atoms with E-state index in [1.54, 1.807) is 6.20 Å². The van der Waals surface area contributed by atoms with Crippen LogP contribution in [0.4, 0.5) is 0 Å². The lowest BCUT2D eigenvalue weighted by Crippen LogP contribution is -2.07. The van der Waals surface area contributed by atoms with Crippen LogP contribution in [-0.2, 0) is 0 Å². The molecular formula is C14H11Cl2N3S. The summed E-state index contributed by atoms with van der Waals surface area (Å²) < 4.78 is 2.58. The van der Waals surface area contributed by atoms with Crippen molar-refractivity contribution in [2.24, 2.45) is 0 Å². The fourth-order valence-corrected chi connectivity index (χ4v) is 2.97. The van der Waals surface area contributed by atoms with E-state index in [9.17, 15) is 0 Å². The van der Waals surface area contributed by atoms with Crippen molar-refractivity contribution in [2.45, 2.75) is 13.0 Å². The molecule has 0 spiro atoms.